The molecule has 1 aromatic carbocycles. The molecule has 2 heterocycles. The van der Waals surface area contributed by atoms with E-state index in [9.17, 15) is 18.0 Å². The molecule has 2 aromatic rings. The Balaban J connectivity index is 1.65. The summed E-state index contributed by atoms with van der Waals surface area (Å²) in [6.45, 7) is 4.20. The molecule has 1 aliphatic heterocycles. The first kappa shape index (κ1) is 26.8. The quantitative estimate of drug-likeness (QED) is 0.342. The lowest BCUT2D eigenvalue weighted by atomic mass is 10.1. The minimum Gasteiger partial charge on any atom is -0.493 e. The fourth-order valence-electron chi connectivity index (χ4n) is 3.60. The molecule has 190 valence electrons. The highest BCUT2D eigenvalue weighted by molar-refractivity contribution is 7.80. The molecule has 1 saturated heterocycles. The van der Waals surface area contributed by atoms with Crippen LogP contribution in [0.4, 0.5) is 18.9 Å². The van der Waals surface area contributed by atoms with E-state index in [1.54, 1.807) is 18.3 Å². The monoisotopic (exact) mass is 510 g/mol. The number of hydrogen-bond donors (Lipinski definition) is 3. The van der Waals surface area contributed by atoms with Crippen molar-refractivity contribution >= 4 is 28.9 Å². The van der Waals surface area contributed by atoms with E-state index in [0.29, 0.717) is 37.3 Å². The van der Waals surface area contributed by atoms with Gasteiger partial charge in [0, 0.05) is 31.4 Å². The molecule has 1 aromatic heterocycles. The molecule has 3 rings (SSSR count). The maximum atomic E-state index is 13.6. The number of pyridine rings is 1. The Labute approximate surface area is 207 Å². The van der Waals surface area contributed by atoms with E-state index in [1.165, 1.54) is 12.1 Å². The number of carbonyl (C=O) groups excluding carboxylic acids is 1. The van der Waals surface area contributed by atoms with Crippen molar-refractivity contribution in [3.63, 3.8) is 0 Å². The molecule has 0 radical (unpaired) electrons. The summed E-state index contributed by atoms with van der Waals surface area (Å²) in [5.41, 5.74) is 0.0310. The molecular weight excluding hydrogens is 481 g/mol. The van der Waals surface area contributed by atoms with Gasteiger partial charge in [0.2, 0.25) is 0 Å². The van der Waals surface area contributed by atoms with E-state index < -0.39 is 17.6 Å². The Morgan fingerprint density at radius 3 is 2.86 bits per heavy atom. The summed E-state index contributed by atoms with van der Waals surface area (Å²) in [4.78, 5) is 17.1. The molecule has 0 spiro atoms. The van der Waals surface area contributed by atoms with Crippen LogP contribution in [0.25, 0.3) is 0 Å². The largest absolute Gasteiger partial charge is 0.493 e. The van der Waals surface area contributed by atoms with Crippen molar-refractivity contribution in [2.45, 2.75) is 44.9 Å². The normalized spacial score (nSPS) is 15.9. The summed E-state index contributed by atoms with van der Waals surface area (Å²) < 4.78 is 51.8. The lowest BCUT2D eigenvalue weighted by molar-refractivity contribution is -0.138. The van der Waals surface area contributed by atoms with E-state index in [2.05, 4.69) is 20.9 Å². The van der Waals surface area contributed by atoms with Gasteiger partial charge in [0.05, 0.1) is 36.1 Å². The summed E-state index contributed by atoms with van der Waals surface area (Å²) in [6.07, 6.45) is -0.216. The number of rotatable bonds is 9. The predicted molar refractivity (Wildman–Crippen MR) is 131 cm³/mol. The molecule has 3 N–H and O–H groups in total. The maximum Gasteiger partial charge on any atom is 0.420 e. The highest BCUT2D eigenvalue weighted by Gasteiger charge is 2.35. The number of unbranched alkanes of at least 4 members (excludes halogenated alkanes) is 2. The highest BCUT2D eigenvalue weighted by atomic mass is 32.1. The molecule has 0 aliphatic carbocycles. The summed E-state index contributed by atoms with van der Waals surface area (Å²) in [6, 6.07) is 6.83. The molecule has 11 heteroatoms. The van der Waals surface area contributed by atoms with Gasteiger partial charge < -0.3 is 20.1 Å². The zero-order valence-corrected chi connectivity index (χ0v) is 20.2. The molecule has 1 amide bonds. The number of thiocarbonyl (C=S) groups is 1. The number of benzene rings is 1. The van der Waals surface area contributed by atoms with E-state index in [1.807, 2.05) is 6.92 Å². The predicted octanol–water partition coefficient (Wildman–Crippen LogP) is 4.33. The number of ether oxygens (including phenoxy) is 2. The molecule has 1 atom stereocenters. The fourth-order valence-corrected chi connectivity index (χ4v) is 3.81. The molecule has 0 bridgehead atoms. The number of anilines is 1. The zero-order valence-electron chi connectivity index (χ0n) is 19.4. The average molecular weight is 511 g/mol. The Kier molecular flexibility index (Phi) is 9.82. The number of halogens is 3. The van der Waals surface area contributed by atoms with Gasteiger partial charge in [-0.15, -0.1) is 0 Å². The van der Waals surface area contributed by atoms with Gasteiger partial charge in [0.1, 0.15) is 5.75 Å². The van der Waals surface area contributed by atoms with Crippen molar-refractivity contribution in [1.82, 2.24) is 15.6 Å². The summed E-state index contributed by atoms with van der Waals surface area (Å²) in [7, 11) is 0. The van der Waals surface area contributed by atoms with E-state index in [0.717, 1.165) is 25.5 Å². The third-order valence-electron chi connectivity index (χ3n) is 5.34. The van der Waals surface area contributed by atoms with Gasteiger partial charge in [-0.3, -0.25) is 15.1 Å². The molecule has 0 saturated carbocycles. The number of alkyl halides is 3. The van der Waals surface area contributed by atoms with Crippen molar-refractivity contribution in [2.24, 2.45) is 0 Å². The number of aromatic nitrogens is 1. The van der Waals surface area contributed by atoms with Crippen LogP contribution in [0.15, 0.2) is 36.5 Å². The first-order chi connectivity index (χ1) is 16.8. The SMILES string of the molecule is CCCCCOc1ccc(NC(=S)NC(=O)c2cccnc2CC2CNCCO2)cc1C(F)(F)F. The van der Waals surface area contributed by atoms with E-state index in [-0.39, 0.29) is 29.3 Å². The van der Waals surface area contributed by atoms with Crippen LogP contribution in [0.3, 0.4) is 0 Å². The molecule has 1 unspecified atom stereocenters. The number of amides is 1. The van der Waals surface area contributed by atoms with Crippen LogP contribution in [0.1, 0.15) is 47.8 Å². The van der Waals surface area contributed by atoms with Crippen molar-refractivity contribution in [2.75, 3.05) is 31.6 Å². The number of hydrogen-bond acceptors (Lipinski definition) is 6. The first-order valence-corrected chi connectivity index (χ1v) is 11.9. The van der Waals surface area contributed by atoms with Crippen molar-refractivity contribution in [1.29, 1.82) is 0 Å². The van der Waals surface area contributed by atoms with Gasteiger partial charge in [0.25, 0.3) is 5.91 Å². The second-order valence-electron chi connectivity index (χ2n) is 8.07. The smallest absolute Gasteiger partial charge is 0.420 e. The van der Waals surface area contributed by atoms with Crippen LogP contribution < -0.4 is 20.7 Å². The van der Waals surface area contributed by atoms with Gasteiger partial charge in [0.15, 0.2) is 5.11 Å². The zero-order chi connectivity index (χ0) is 25.3. The van der Waals surface area contributed by atoms with Gasteiger partial charge in [-0.05, 0) is 49.0 Å². The number of morpholine rings is 1. The van der Waals surface area contributed by atoms with Crippen LogP contribution in [-0.2, 0) is 17.3 Å². The Morgan fingerprint density at radius 2 is 2.14 bits per heavy atom. The van der Waals surface area contributed by atoms with Crippen LogP contribution in [0.2, 0.25) is 0 Å². The third-order valence-corrected chi connectivity index (χ3v) is 5.54. The van der Waals surface area contributed by atoms with Crippen LogP contribution in [0.5, 0.6) is 5.75 Å². The fraction of sp³-hybridized carbons (Fsp3) is 0.458. The van der Waals surface area contributed by atoms with Crippen LogP contribution >= 0.6 is 12.2 Å². The minimum atomic E-state index is -4.61. The summed E-state index contributed by atoms with van der Waals surface area (Å²) in [5, 5.41) is 8.26. The van der Waals surface area contributed by atoms with E-state index >= 15 is 0 Å². The minimum absolute atomic E-state index is 0.0802. The molecule has 35 heavy (non-hydrogen) atoms. The second kappa shape index (κ2) is 12.8. The van der Waals surface area contributed by atoms with Gasteiger partial charge in [-0.2, -0.15) is 13.2 Å². The van der Waals surface area contributed by atoms with Crippen LogP contribution in [-0.4, -0.2) is 48.4 Å². The number of nitrogens with zero attached hydrogens (tertiary/aromatic N) is 1. The third kappa shape index (κ3) is 8.15. The standard InChI is InChI=1S/C24H29F3N4O3S/c1-2-3-4-11-34-21-8-7-16(13-19(21)24(25,26)27)30-23(35)31-22(32)18-6-5-9-29-20(18)14-17-15-28-10-12-33-17/h5-9,13,17,28H,2-4,10-12,14-15H2,1H3,(H2,30,31,32,35). The van der Waals surface area contributed by atoms with Crippen LogP contribution in [0, 0.1) is 0 Å². The topological polar surface area (TPSA) is 84.5 Å². The molecular formula is C24H29F3N4O3S. The lowest BCUT2D eigenvalue weighted by Gasteiger charge is -2.24. The van der Waals surface area contributed by atoms with Crippen molar-refractivity contribution < 1.29 is 27.4 Å². The summed E-state index contributed by atoms with van der Waals surface area (Å²) in [5.74, 6) is -0.755. The van der Waals surface area contributed by atoms with E-state index in [4.69, 9.17) is 21.7 Å². The number of carbonyl (C=O) groups is 1. The Morgan fingerprint density at radius 1 is 1.31 bits per heavy atom. The van der Waals surface area contributed by atoms with Crippen molar-refractivity contribution in [3.05, 3.63) is 53.3 Å². The first-order valence-electron chi connectivity index (χ1n) is 11.5. The van der Waals surface area contributed by atoms with Crippen molar-refractivity contribution in [3.8, 4) is 5.75 Å². The Bertz CT molecular complexity index is 1010. The average Bonchev–Trinajstić information content (AvgIpc) is 2.83. The van der Waals surface area contributed by atoms with Gasteiger partial charge >= 0.3 is 6.18 Å². The number of nitrogens with one attached hydrogen (secondary N) is 3. The highest BCUT2D eigenvalue weighted by Crippen LogP contribution is 2.38. The van der Waals surface area contributed by atoms with Gasteiger partial charge in [-0.25, -0.2) is 0 Å². The summed E-state index contributed by atoms with van der Waals surface area (Å²) >= 11 is 5.17. The lowest BCUT2D eigenvalue weighted by Crippen LogP contribution is -2.40. The molecule has 1 fully saturated rings. The maximum absolute atomic E-state index is 13.6. The molecule has 1 aliphatic rings. The second-order valence-corrected chi connectivity index (χ2v) is 8.48. The van der Waals surface area contributed by atoms with Gasteiger partial charge in [-0.1, -0.05) is 19.8 Å². The molecule has 7 nitrogen and oxygen atoms in total. The Hall–Kier alpha value is -2.76.